The second-order valence-corrected chi connectivity index (χ2v) is 4.88. The van der Waals surface area contributed by atoms with E-state index in [2.05, 4.69) is 6.92 Å². The first kappa shape index (κ1) is 12.5. The van der Waals surface area contributed by atoms with Crippen molar-refractivity contribution in [1.82, 2.24) is 0 Å². The van der Waals surface area contributed by atoms with Crippen molar-refractivity contribution in [2.45, 2.75) is 65.4 Å². The predicted molar refractivity (Wildman–Crippen MR) is 61.6 cm³/mol. The SMILES string of the molecule is CCCCCC(C)C(=O)OC(C)C1CC1. The Morgan fingerprint density at radius 1 is 1.33 bits per heavy atom. The van der Waals surface area contributed by atoms with E-state index in [1.807, 2.05) is 13.8 Å². The molecule has 0 heterocycles. The third-order valence-electron chi connectivity index (χ3n) is 3.23. The molecule has 0 bridgehead atoms. The fourth-order valence-corrected chi connectivity index (χ4v) is 1.78. The van der Waals surface area contributed by atoms with E-state index in [1.165, 1.54) is 25.7 Å². The lowest BCUT2D eigenvalue weighted by molar-refractivity contribution is -0.153. The standard InChI is InChI=1S/C13H24O2/c1-4-5-6-7-10(2)13(14)15-11(3)12-8-9-12/h10-12H,4-9H2,1-3H3. The molecule has 1 aliphatic carbocycles. The van der Waals surface area contributed by atoms with Gasteiger partial charge in [-0.1, -0.05) is 33.1 Å². The minimum absolute atomic E-state index is 0.00510. The lowest BCUT2D eigenvalue weighted by Gasteiger charge is -2.16. The Morgan fingerprint density at radius 3 is 2.53 bits per heavy atom. The van der Waals surface area contributed by atoms with E-state index in [4.69, 9.17) is 4.74 Å². The van der Waals surface area contributed by atoms with E-state index >= 15 is 0 Å². The molecule has 0 radical (unpaired) electrons. The third kappa shape index (κ3) is 4.67. The van der Waals surface area contributed by atoms with E-state index < -0.39 is 0 Å². The number of carbonyl (C=O) groups excluding carboxylic acids is 1. The van der Waals surface area contributed by atoms with Gasteiger partial charge in [-0.05, 0) is 32.1 Å². The summed E-state index contributed by atoms with van der Waals surface area (Å²) in [5.74, 6) is 0.736. The van der Waals surface area contributed by atoms with Crippen LogP contribution in [0.1, 0.15) is 59.3 Å². The molecule has 1 aliphatic rings. The van der Waals surface area contributed by atoms with Gasteiger partial charge in [0, 0.05) is 0 Å². The van der Waals surface area contributed by atoms with Crippen LogP contribution in [0.5, 0.6) is 0 Å². The number of hydrogen-bond acceptors (Lipinski definition) is 2. The van der Waals surface area contributed by atoms with Gasteiger partial charge in [0.2, 0.25) is 0 Å². The van der Waals surface area contributed by atoms with E-state index in [9.17, 15) is 4.79 Å². The molecular weight excluding hydrogens is 188 g/mol. The molecule has 2 heteroatoms. The van der Waals surface area contributed by atoms with E-state index in [-0.39, 0.29) is 18.0 Å². The number of carbonyl (C=O) groups is 1. The quantitative estimate of drug-likeness (QED) is 0.476. The Bertz CT molecular complexity index is 197. The van der Waals surface area contributed by atoms with Gasteiger partial charge in [-0.2, -0.15) is 0 Å². The molecule has 0 aromatic carbocycles. The molecule has 2 unspecified atom stereocenters. The highest BCUT2D eigenvalue weighted by Crippen LogP contribution is 2.34. The molecule has 2 atom stereocenters. The zero-order valence-electron chi connectivity index (χ0n) is 10.3. The molecule has 1 rings (SSSR count). The molecule has 1 saturated carbocycles. The summed E-state index contributed by atoms with van der Waals surface area (Å²) >= 11 is 0. The monoisotopic (exact) mass is 212 g/mol. The molecule has 1 fully saturated rings. The van der Waals surface area contributed by atoms with Crippen LogP contribution in [0, 0.1) is 11.8 Å². The van der Waals surface area contributed by atoms with Gasteiger partial charge in [-0.25, -0.2) is 0 Å². The minimum Gasteiger partial charge on any atom is -0.462 e. The van der Waals surface area contributed by atoms with Crippen molar-refractivity contribution in [1.29, 1.82) is 0 Å². The second kappa shape index (κ2) is 6.14. The van der Waals surface area contributed by atoms with Crippen molar-refractivity contribution in [2.75, 3.05) is 0 Å². The summed E-state index contributed by atoms with van der Waals surface area (Å²) < 4.78 is 5.43. The van der Waals surface area contributed by atoms with Crippen LogP contribution in [-0.2, 0) is 9.53 Å². The smallest absolute Gasteiger partial charge is 0.308 e. The average Bonchev–Trinajstić information content (AvgIpc) is 3.00. The number of unbranched alkanes of at least 4 members (excludes halogenated alkanes) is 2. The van der Waals surface area contributed by atoms with Gasteiger partial charge in [0.1, 0.15) is 6.10 Å². The highest BCUT2D eigenvalue weighted by Gasteiger charge is 2.31. The van der Waals surface area contributed by atoms with Crippen molar-refractivity contribution < 1.29 is 9.53 Å². The molecule has 0 aliphatic heterocycles. The van der Waals surface area contributed by atoms with Gasteiger partial charge in [-0.15, -0.1) is 0 Å². The molecule has 88 valence electrons. The van der Waals surface area contributed by atoms with Crippen LogP contribution in [0.4, 0.5) is 0 Å². The maximum atomic E-state index is 11.7. The predicted octanol–water partition coefficient (Wildman–Crippen LogP) is 3.54. The normalized spacial score (nSPS) is 19.7. The fourth-order valence-electron chi connectivity index (χ4n) is 1.78. The molecule has 0 aromatic heterocycles. The Hall–Kier alpha value is -0.530. The summed E-state index contributed by atoms with van der Waals surface area (Å²) in [5.41, 5.74) is 0. The zero-order valence-corrected chi connectivity index (χ0v) is 10.3. The van der Waals surface area contributed by atoms with E-state index in [1.54, 1.807) is 0 Å². The maximum absolute atomic E-state index is 11.7. The Balaban J connectivity index is 2.13. The summed E-state index contributed by atoms with van der Waals surface area (Å²) in [7, 11) is 0. The van der Waals surface area contributed by atoms with Crippen LogP contribution >= 0.6 is 0 Å². The molecular formula is C13H24O2. The lowest BCUT2D eigenvalue weighted by atomic mass is 10.0. The number of hydrogen-bond donors (Lipinski definition) is 0. The van der Waals surface area contributed by atoms with Gasteiger partial charge < -0.3 is 4.74 Å². The van der Waals surface area contributed by atoms with Crippen LogP contribution in [0.3, 0.4) is 0 Å². The highest BCUT2D eigenvalue weighted by atomic mass is 16.5. The van der Waals surface area contributed by atoms with Crippen LogP contribution in [0.15, 0.2) is 0 Å². The van der Waals surface area contributed by atoms with Crippen LogP contribution < -0.4 is 0 Å². The molecule has 15 heavy (non-hydrogen) atoms. The second-order valence-electron chi connectivity index (χ2n) is 4.88. The van der Waals surface area contributed by atoms with Crippen molar-refractivity contribution in [3.05, 3.63) is 0 Å². The third-order valence-corrected chi connectivity index (χ3v) is 3.23. The zero-order chi connectivity index (χ0) is 11.3. The van der Waals surface area contributed by atoms with Crippen molar-refractivity contribution in [3.63, 3.8) is 0 Å². The molecule has 0 spiro atoms. The minimum atomic E-state index is 0.00510. The molecule has 2 nitrogen and oxygen atoms in total. The summed E-state index contributed by atoms with van der Waals surface area (Å²) in [6.07, 6.45) is 7.16. The first-order valence-corrected chi connectivity index (χ1v) is 6.35. The van der Waals surface area contributed by atoms with E-state index in [0.29, 0.717) is 5.92 Å². The average molecular weight is 212 g/mol. The molecule has 0 aromatic rings. The summed E-state index contributed by atoms with van der Waals surface area (Å²) in [4.78, 5) is 11.7. The molecule has 0 saturated heterocycles. The number of esters is 1. The summed E-state index contributed by atoms with van der Waals surface area (Å²) in [5, 5.41) is 0. The van der Waals surface area contributed by atoms with Crippen molar-refractivity contribution in [3.8, 4) is 0 Å². The van der Waals surface area contributed by atoms with E-state index in [0.717, 1.165) is 12.8 Å². The van der Waals surface area contributed by atoms with Gasteiger partial charge in [0.05, 0.1) is 5.92 Å². The maximum Gasteiger partial charge on any atom is 0.308 e. The van der Waals surface area contributed by atoms with Crippen LogP contribution in [-0.4, -0.2) is 12.1 Å². The Kier molecular flexibility index (Phi) is 5.13. The van der Waals surface area contributed by atoms with Crippen molar-refractivity contribution >= 4 is 5.97 Å². The fraction of sp³-hybridized carbons (Fsp3) is 0.923. The highest BCUT2D eigenvalue weighted by molar-refractivity contribution is 5.72. The largest absolute Gasteiger partial charge is 0.462 e. The summed E-state index contributed by atoms with van der Waals surface area (Å²) in [6.45, 7) is 6.18. The first-order chi connectivity index (χ1) is 7.15. The summed E-state index contributed by atoms with van der Waals surface area (Å²) in [6, 6.07) is 0. The van der Waals surface area contributed by atoms with Crippen LogP contribution in [0.25, 0.3) is 0 Å². The van der Waals surface area contributed by atoms with Gasteiger partial charge in [0.15, 0.2) is 0 Å². The Labute approximate surface area is 93.4 Å². The van der Waals surface area contributed by atoms with Gasteiger partial charge >= 0.3 is 5.97 Å². The lowest BCUT2D eigenvalue weighted by Crippen LogP contribution is -2.22. The molecule has 0 amide bonds. The number of rotatable bonds is 7. The number of ether oxygens (including phenoxy) is 1. The topological polar surface area (TPSA) is 26.3 Å². The van der Waals surface area contributed by atoms with Crippen molar-refractivity contribution in [2.24, 2.45) is 11.8 Å². The van der Waals surface area contributed by atoms with Crippen LogP contribution in [0.2, 0.25) is 0 Å². The van der Waals surface area contributed by atoms with Gasteiger partial charge in [0.25, 0.3) is 0 Å². The molecule has 0 N–H and O–H groups in total. The van der Waals surface area contributed by atoms with Gasteiger partial charge in [-0.3, -0.25) is 4.79 Å². The first-order valence-electron chi connectivity index (χ1n) is 6.35. The Morgan fingerprint density at radius 2 is 2.00 bits per heavy atom.